The Morgan fingerprint density at radius 3 is 2.69 bits per heavy atom. The third-order valence-electron chi connectivity index (χ3n) is 2.37. The van der Waals surface area contributed by atoms with Crippen molar-refractivity contribution in [3.8, 4) is 0 Å². The summed E-state index contributed by atoms with van der Waals surface area (Å²) >= 11 is 0. The summed E-state index contributed by atoms with van der Waals surface area (Å²) in [4.78, 5) is 19.2. The first-order valence-electron chi connectivity index (χ1n) is 5.21. The van der Waals surface area contributed by atoms with E-state index in [2.05, 4.69) is 15.3 Å². The zero-order valence-corrected chi connectivity index (χ0v) is 9.77. The molecule has 1 unspecified atom stereocenters. The lowest BCUT2D eigenvalue weighted by Gasteiger charge is -2.26. The van der Waals surface area contributed by atoms with Crippen LogP contribution in [-0.2, 0) is 10.3 Å². The van der Waals surface area contributed by atoms with Crippen molar-refractivity contribution >= 4 is 5.97 Å². The third-order valence-corrected chi connectivity index (χ3v) is 2.37. The molecule has 0 aliphatic rings. The number of aromatic nitrogens is 2. The molecule has 0 aromatic carbocycles. The van der Waals surface area contributed by atoms with Crippen LogP contribution < -0.4 is 5.32 Å². The van der Waals surface area contributed by atoms with Crippen LogP contribution in [0, 0.1) is 5.92 Å². The van der Waals surface area contributed by atoms with Crippen LogP contribution >= 0.6 is 0 Å². The maximum Gasteiger partial charge on any atom is 0.329 e. The first-order chi connectivity index (χ1) is 7.47. The lowest BCUT2D eigenvalue weighted by atomic mass is 9.97. The van der Waals surface area contributed by atoms with E-state index >= 15 is 0 Å². The molecule has 0 saturated heterocycles. The zero-order chi connectivity index (χ0) is 12.2. The van der Waals surface area contributed by atoms with Crippen LogP contribution in [-0.4, -0.2) is 27.6 Å². The van der Waals surface area contributed by atoms with Gasteiger partial charge < -0.3 is 5.11 Å². The summed E-state index contributed by atoms with van der Waals surface area (Å²) in [6.45, 7) is 6.25. The normalized spacial score (nSPS) is 14.8. The number of nitrogens with one attached hydrogen (secondary N) is 1. The van der Waals surface area contributed by atoms with Gasteiger partial charge in [0, 0.05) is 12.4 Å². The SMILES string of the molecule is CC(C)CNC(C)(C(=O)O)c1cnccn1. The molecule has 0 aliphatic heterocycles. The van der Waals surface area contributed by atoms with Gasteiger partial charge in [-0.15, -0.1) is 0 Å². The molecule has 0 saturated carbocycles. The van der Waals surface area contributed by atoms with Gasteiger partial charge in [0.25, 0.3) is 0 Å². The Kier molecular flexibility index (Phi) is 3.95. The van der Waals surface area contributed by atoms with E-state index in [1.165, 1.54) is 18.6 Å². The van der Waals surface area contributed by atoms with Crippen molar-refractivity contribution in [1.82, 2.24) is 15.3 Å². The smallest absolute Gasteiger partial charge is 0.329 e. The first-order valence-corrected chi connectivity index (χ1v) is 5.21. The Morgan fingerprint density at radius 2 is 2.25 bits per heavy atom. The van der Waals surface area contributed by atoms with Crippen LogP contribution in [0.3, 0.4) is 0 Å². The second-order valence-corrected chi connectivity index (χ2v) is 4.30. The summed E-state index contributed by atoms with van der Waals surface area (Å²) in [5.41, 5.74) is -0.762. The fraction of sp³-hybridized carbons (Fsp3) is 0.545. The third kappa shape index (κ3) is 2.76. The molecule has 0 fully saturated rings. The number of carboxylic acid groups (broad SMARTS) is 1. The topological polar surface area (TPSA) is 75.1 Å². The predicted molar refractivity (Wildman–Crippen MR) is 59.9 cm³/mol. The quantitative estimate of drug-likeness (QED) is 0.779. The Balaban J connectivity index is 2.93. The van der Waals surface area contributed by atoms with Crippen molar-refractivity contribution in [3.63, 3.8) is 0 Å². The molecule has 5 nitrogen and oxygen atoms in total. The maximum absolute atomic E-state index is 11.3. The number of carboxylic acids is 1. The molecule has 1 rings (SSSR count). The highest BCUT2D eigenvalue weighted by atomic mass is 16.4. The number of nitrogens with zero attached hydrogens (tertiary/aromatic N) is 2. The minimum atomic E-state index is -1.18. The minimum absolute atomic E-state index is 0.371. The first kappa shape index (κ1) is 12.6. The molecule has 1 heterocycles. The summed E-state index contributed by atoms with van der Waals surface area (Å²) in [5.74, 6) is -0.580. The molecule has 0 aliphatic carbocycles. The second kappa shape index (κ2) is 5.03. The van der Waals surface area contributed by atoms with Gasteiger partial charge in [-0.3, -0.25) is 15.3 Å². The summed E-state index contributed by atoms with van der Waals surface area (Å²) < 4.78 is 0. The zero-order valence-electron chi connectivity index (χ0n) is 9.77. The Bertz CT molecular complexity index is 354. The average Bonchev–Trinajstić information content (AvgIpc) is 2.26. The van der Waals surface area contributed by atoms with E-state index in [0.29, 0.717) is 18.2 Å². The van der Waals surface area contributed by atoms with Crippen molar-refractivity contribution in [2.45, 2.75) is 26.3 Å². The van der Waals surface area contributed by atoms with Crippen molar-refractivity contribution in [2.24, 2.45) is 5.92 Å². The molecule has 5 heteroatoms. The highest BCUT2D eigenvalue weighted by molar-refractivity contribution is 5.79. The van der Waals surface area contributed by atoms with Crippen LogP contribution in [0.4, 0.5) is 0 Å². The van der Waals surface area contributed by atoms with E-state index in [1.54, 1.807) is 6.92 Å². The molecule has 0 amide bonds. The molecule has 0 bridgehead atoms. The molecule has 2 N–H and O–H groups in total. The summed E-state index contributed by atoms with van der Waals surface area (Å²) in [7, 11) is 0. The van der Waals surface area contributed by atoms with E-state index in [0.717, 1.165) is 0 Å². The Morgan fingerprint density at radius 1 is 1.56 bits per heavy atom. The molecule has 1 aromatic rings. The summed E-state index contributed by atoms with van der Waals surface area (Å²) in [6, 6.07) is 0. The summed E-state index contributed by atoms with van der Waals surface area (Å²) in [6.07, 6.45) is 4.49. The van der Waals surface area contributed by atoms with Crippen LogP contribution in [0.2, 0.25) is 0 Å². The highest BCUT2D eigenvalue weighted by Crippen LogP contribution is 2.18. The van der Waals surface area contributed by atoms with Crippen LogP contribution in [0.5, 0.6) is 0 Å². The van der Waals surface area contributed by atoms with Crippen molar-refractivity contribution in [1.29, 1.82) is 0 Å². The number of hydrogen-bond acceptors (Lipinski definition) is 4. The van der Waals surface area contributed by atoms with E-state index in [4.69, 9.17) is 0 Å². The monoisotopic (exact) mass is 223 g/mol. The van der Waals surface area contributed by atoms with Gasteiger partial charge in [-0.05, 0) is 19.4 Å². The molecule has 1 atom stereocenters. The standard InChI is InChI=1S/C11H17N3O2/c1-8(2)6-14-11(3,10(15)16)9-7-12-4-5-13-9/h4-5,7-8,14H,6H2,1-3H3,(H,15,16). The van der Waals surface area contributed by atoms with Gasteiger partial charge in [0.15, 0.2) is 5.54 Å². The van der Waals surface area contributed by atoms with Crippen molar-refractivity contribution in [2.75, 3.05) is 6.54 Å². The van der Waals surface area contributed by atoms with Gasteiger partial charge in [0.05, 0.1) is 11.9 Å². The predicted octanol–water partition coefficient (Wildman–Crippen LogP) is 1.02. The number of rotatable bonds is 5. The van der Waals surface area contributed by atoms with E-state index in [-0.39, 0.29) is 0 Å². The molecule has 88 valence electrons. The molecule has 16 heavy (non-hydrogen) atoms. The van der Waals surface area contributed by atoms with E-state index in [9.17, 15) is 9.90 Å². The fourth-order valence-electron chi connectivity index (χ4n) is 1.24. The van der Waals surface area contributed by atoms with Gasteiger partial charge in [-0.2, -0.15) is 0 Å². The Hall–Kier alpha value is -1.49. The van der Waals surface area contributed by atoms with Gasteiger partial charge in [0.1, 0.15) is 0 Å². The Labute approximate surface area is 94.9 Å². The second-order valence-electron chi connectivity index (χ2n) is 4.30. The minimum Gasteiger partial charge on any atom is -0.480 e. The van der Waals surface area contributed by atoms with Crippen LogP contribution in [0.25, 0.3) is 0 Å². The number of hydrogen-bond donors (Lipinski definition) is 2. The maximum atomic E-state index is 11.3. The van der Waals surface area contributed by atoms with Gasteiger partial charge in [-0.25, -0.2) is 4.79 Å². The highest BCUT2D eigenvalue weighted by Gasteiger charge is 2.36. The molecule has 0 spiro atoms. The lowest BCUT2D eigenvalue weighted by Crippen LogP contribution is -2.48. The number of aliphatic carboxylic acids is 1. The lowest BCUT2D eigenvalue weighted by molar-refractivity contribution is -0.144. The van der Waals surface area contributed by atoms with Gasteiger partial charge in [0.2, 0.25) is 0 Å². The molecule has 1 aromatic heterocycles. The van der Waals surface area contributed by atoms with Crippen molar-refractivity contribution < 1.29 is 9.90 Å². The van der Waals surface area contributed by atoms with Crippen molar-refractivity contribution in [3.05, 3.63) is 24.3 Å². The molecular formula is C11H17N3O2. The molecular weight excluding hydrogens is 206 g/mol. The fourth-order valence-corrected chi connectivity index (χ4v) is 1.24. The van der Waals surface area contributed by atoms with Crippen LogP contribution in [0.1, 0.15) is 26.5 Å². The van der Waals surface area contributed by atoms with Gasteiger partial charge >= 0.3 is 5.97 Å². The van der Waals surface area contributed by atoms with Gasteiger partial charge in [-0.1, -0.05) is 13.8 Å². The average molecular weight is 223 g/mol. The number of carbonyl (C=O) groups is 1. The van der Waals surface area contributed by atoms with E-state index in [1.807, 2.05) is 13.8 Å². The largest absolute Gasteiger partial charge is 0.480 e. The molecule has 0 radical (unpaired) electrons. The van der Waals surface area contributed by atoms with E-state index < -0.39 is 11.5 Å². The van der Waals surface area contributed by atoms with Crippen LogP contribution in [0.15, 0.2) is 18.6 Å². The summed E-state index contributed by atoms with van der Waals surface area (Å²) in [5, 5.41) is 12.3.